The summed E-state index contributed by atoms with van der Waals surface area (Å²) in [6.07, 6.45) is 2.48. The van der Waals surface area contributed by atoms with Gasteiger partial charge in [0.1, 0.15) is 0 Å². The van der Waals surface area contributed by atoms with Gasteiger partial charge in [0.25, 0.3) is 0 Å². The van der Waals surface area contributed by atoms with Crippen molar-refractivity contribution in [3.8, 4) is 11.5 Å². The first-order valence-electron chi connectivity index (χ1n) is 8.31. The summed E-state index contributed by atoms with van der Waals surface area (Å²) in [5.74, 6) is 1.04. The monoisotopic (exact) mass is 357 g/mol. The third-order valence-electron chi connectivity index (χ3n) is 4.20. The van der Waals surface area contributed by atoms with Crippen LogP contribution in [-0.2, 0) is 10.0 Å². The van der Waals surface area contributed by atoms with Crippen molar-refractivity contribution in [2.24, 2.45) is 5.41 Å². The molecule has 1 aliphatic heterocycles. The summed E-state index contributed by atoms with van der Waals surface area (Å²) in [6, 6.07) is 4.72. The van der Waals surface area contributed by atoms with Crippen LogP contribution in [0, 0.1) is 5.41 Å². The lowest BCUT2D eigenvalue weighted by atomic mass is 9.87. The van der Waals surface area contributed by atoms with Crippen LogP contribution in [0.4, 0.5) is 0 Å². The van der Waals surface area contributed by atoms with Gasteiger partial charge in [-0.1, -0.05) is 27.2 Å². The summed E-state index contributed by atoms with van der Waals surface area (Å²) in [7, 11) is -3.59. The molecule has 0 fully saturated rings. The van der Waals surface area contributed by atoms with Gasteiger partial charge in [0.15, 0.2) is 11.5 Å². The van der Waals surface area contributed by atoms with Crippen molar-refractivity contribution in [1.82, 2.24) is 4.31 Å². The first kappa shape index (κ1) is 19.0. The summed E-state index contributed by atoms with van der Waals surface area (Å²) in [5.41, 5.74) is -0.158. The summed E-state index contributed by atoms with van der Waals surface area (Å²) in [5, 5.41) is 8.92. The standard InChI is InChI=1S/C17H27NO5S/c1-4-18(12-17(2,3)9-5-6-10-19)24(20,21)14-7-8-15-16(11-14)23-13-22-15/h7-8,11,19H,4-6,9-10,12-13H2,1-3H3. The molecule has 2 rings (SSSR count). The van der Waals surface area contributed by atoms with E-state index >= 15 is 0 Å². The summed E-state index contributed by atoms with van der Waals surface area (Å²) >= 11 is 0. The molecule has 136 valence electrons. The highest BCUT2D eigenvalue weighted by atomic mass is 32.2. The third-order valence-corrected chi connectivity index (χ3v) is 6.12. The summed E-state index contributed by atoms with van der Waals surface area (Å²) in [4.78, 5) is 0.222. The van der Waals surface area contributed by atoms with E-state index in [1.807, 2.05) is 6.92 Å². The molecule has 6 nitrogen and oxygen atoms in total. The SMILES string of the molecule is CCN(CC(C)(C)CCCCO)S(=O)(=O)c1ccc2c(c1)OCO2. The van der Waals surface area contributed by atoms with E-state index in [0.717, 1.165) is 19.3 Å². The van der Waals surface area contributed by atoms with E-state index in [0.29, 0.717) is 24.6 Å². The van der Waals surface area contributed by atoms with E-state index in [-0.39, 0.29) is 23.7 Å². The molecule has 1 heterocycles. The molecule has 7 heteroatoms. The Kier molecular flexibility index (Phi) is 6.11. The Morgan fingerprint density at radius 3 is 2.58 bits per heavy atom. The van der Waals surface area contributed by atoms with Gasteiger partial charge in [-0.05, 0) is 30.4 Å². The van der Waals surface area contributed by atoms with Crippen molar-refractivity contribution in [3.05, 3.63) is 18.2 Å². The molecule has 0 saturated carbocycles. The van der Waals surface area contributed by atoms with Crippen molar-refractivity contribution >= 4 is 10.0 Å². The molecular weight excluding hydrogens is 330 g/mol. The smallest absolute Gasteiger partial charge is 0.243 e. The lowest BCUT2D eigenvalue weighted by Crippen LogP contribution is -2.38. The van der Waals surface area contributed by atoms with E-state index in [1.54, 1.807) is 12.1 Å². The fraction of sp³-hybridized carbons (Fsp3) is 0.647. The van der Waals surface area contributed by atoms with Crippen LogP contribution in [0.2, 0.25) is 0 Å². The van der Waals surface area contributed by atoms with Gasteiger partial charge in [-0.25, -0.2) is 8.42 Å². The normalized spacial score (nSPS) is 14.4. The van der Waals surface area contributed by atoms with Gasteiger partial charge in [-0.2, -0.15) is 4.31 Å². The maximum atomic E-state index is 13.0. The van der Waals surface area contributed by atoms with Crippen LogP contribution in [0.1, 0.15) is 40.0 Å². The van der Waals surface area contributed by atoms with Gasteiger partial charge in [0.2, 0.25) is 16.8 Å². The van der Waals surface area contributed by atoms with Gasteiger partial charge >= 0.3 is 0 Å². The number of aliphatic hydroxyl groups excluding tert-OH is 1. The molecule has 1 aliphatic rings. The predicted octanol–water partition coefficient (Wildman–Crippen LogP) is 2.61. The fourth-order valence-corrected chi connectivity index (χ4v) is 4.48. The number of ether oxygens (including phenoxy) is 2. The van der Waals surface area contributed by atoms with Gasteiger partial charge in [-0.3, -0.25) is 0 Å². The molecule has 0 spiro atoms. The van der Waals surface area contributed by atoms with Crippen LogP contribution in [0.25, 0.3) is 0 Å². The number of sulfonamides is 1. The quantitative estimate of drug-likeness (QED) is 0.688. The highest BCUT2D eigenvalue weighted by Crippen LogP contribution is 2.35. The van der Waals surface area contributed by atoms with E-state index in [4.69, 9.17) is 14.6 Å². The van der Waals surface area contributed by atoms with Crippen molar-refractivity contribution in [2.45, 2.75) is 44.9 Å². The molecule has 0 unspecified atom stereocenters. The topological polar surface area (TPSA) is 76.1 Å². The molecule has 0 aliphatic carbocycles. The van der Waals surface area contributed by atoms with E-state index < -0.39 is 10.0 Å². The molecule has 1 N–H and O–H groups in total. The Hall–Kier alpha value is -1.31. The van der Waals surface area contributed by atoms with Gasteiger partial charge in [0, 0.05) is 25.8 Å². The lowest BCUT2D eigenvalue weighted by Gasteiger charge is -2.31. The van der Waals surface area contributed by atoms with Crippen LogP contribution in [0.15, 0.2) is 23.1 Å². The van der Waals surface area contributed by atoms with Gasteiger partial charge < -0.3 is 14.6 Å². The van der Waals surface area contributed by atoms with Crippen LogP contribution in [0.3, 0.4) is 0 Å². The first-order chi connectivity index (χ1) is 11.3. The lowest BCUT2D eigenvalue weighted by molar-refractivity contribution is 0.174. The van der Waals surface area contributed by atoms with Crippen molar-refractivity contribution in [1.29, 1.82) is 0 Å². The Labute approximate surface area is 144 Å². The summed E-state index contributed by atoms with van der Waals surface area (Å²) in [6.45, 7) is 7.09. The van der Waals surface area contributed by atoms with Crippen molar-refractivity contribution in [2.75, 3.05) is 26.5 Å². The number of rotatable bonds is 9. The maximum Gasteiger partial charge on any atom is 0.243 e. The fourth-order valence-electron chi connectivity index (χ4n) is 2.82. The first-order valence-corrected chi connectivity index (χ1v) is 9.75. The zero-order chi connectivity index (χ0) is 17.8. The molecule has 0 radical (unpaired) electrons. The second kappa shape index (κ2) is 7.72. The minimum atomic E-state index is -3.59. The Bertz CT molecular complexity index is 657. The number of unbranched alkanes of at least 4 members (excludes halogenated alkanes) is 1. The van der Waals surface area contributed by atoms with Gasteiger partial charge in [0.05, 0.1) is 4.90 Å². The van der Waals surface area contributed by atoms with Crippen molar-refractivity contribution in [3.63, 3.8) is 0 Å². The van der Waals surface area contributed by atoms with Crippen LogP contribution in [-0.4, -0.2) is 44.3 Å². The number of aliphatic hydroxyl groups is 1. The van der Waals surface area contributed by atoms with E-state index in [1.165, 1.54) is 10.4 Å². The zero-order valence-corrected chi connectivity index (χ0v) is 15.4. The largest absolute Gasteiger partial charge is 0.454 e. The van der Waals surface area contributed by atoms with E-state index in [2.05, 4.69) is 13.8 Å². The second-order valence-electron chi connectivity index (χ2n) is 6.79. The zero-order valence-electron chi connectivity index (χ0n) is 14.6. The number of hydrogen-bond acceptors (Lipinski definition) is 5. The number of hydrogen-bond donors (Lipinski definition) is 1. The maximum absolute atomic E-state index is 13.0. The van der Waals surface area contributed by atoms with Crippen molar-refractivity contribution < 1.29 is 23.0 Å². The van der Waals surface area contributed by atoms with Crippen LogP contribution < -0.4 is 9.47 Å². The molecular formula is C17H27NO5S. The minimum Gasteiger partial charge on any atom is -0.454 e. The number of benzene rings is 1. The predicted molar refractivity (Wildman–Crippen MR) is 91.7 cm³/mol. The number of nitrogens with zero attached hydrogens (tertiary/aromatic N) is 1. The molecule has 0 atom stereocenters. The molecule has 0 saturated heterocycles. The molecule has 24 heavy (non-hydrogen) atoms. The number of fused-ring (bicyclic) bond motifs is 1. The Morgan fingerprint density at radius 2 is 1.92 bits per heavy atom. The van der Waals surface area contributed by atoms with Crippen LogP contribution in [0.5, 0.6) is 11.5 Å². The molecule has 1 aromatic carbocycles. The highest BCUT2D eigenvalue weighted by Gasteiger charge is 2.30. The van der Waals surface area contributed by atoms with Crippen LogP contribution >= 0.6 is 0 Å². The van der Waals surface area contributed by atoms with Gasteiger partial charge in [-0.15, -0.1) is 0 Å². The average molecular weight is 357 g/mol. The highest BCUT2D eigenvalue weighted by molar-refractivity contribution is 7.89. The molecule has 0 bridgehead atoms. The molecule has 0 aromatic heterocycles. The summed E-state index contributed by atoms with van der Waals surface area (Å²) < 4.78 is 37.9. The minimum absolute atomic E-state index is 0.119. The third kappa shape index (κ3) is 4.40. The molecule has 1 aromatic rings. The Balaban J connectivity index is 2.16. The average Bonchev–Trinajstić information content (AvgIpc) is 3.00. The molecule has 0 amide bonds. The Morgan fingerprint density at radius 1 is 1.21 bits per heavy atom. The second-order valence-corrected chi connectivity index (χ2v) is 8.73. The van der Waals surface area contributed by atoms with E-state index in [9.17, 15) is 8.42 Å².